The SMILES string of the molecule is Cc1c(CN2CCc3nc(-c4ccccc4)[nH]c(=O)c3C2)sc2ccccc12. The standard InChI is InChI=1S/C23H21N3OS/c1-15-17-9-5-6-10-20(17)28-21(15)14-26-12-11-19-18(13-26)23(27)25-22(24-19)16-7-3-2-4-8-16/h2-10H,11-14H2,1H3,(H,24,25,27). The van der Waals surface area contributed by atoms with Gasteiger partial charge in [0.2, 0.25) is 0 Å². The van der Waals surface area contributed by atoms with Crippen molar-refractivity contribution in [3.05, 3.63) is 86.6 Å². The molecule has 0 fully saturated rings. The fraction of sp³-hybridized carbons (Fsp3) is 0.217. The normalized spacial score (nSPS) is 14.3. The second-order valence-electron chi connectivity index (χ2n) is 7.31. The quantitative estimate of drug-likeness (QED) is 0.562. The lowest BCUT2D eigenvalue weighted by molar-refractivity contribution is 0.243. The summed E-state index contributed by atoms with van der Waals surface area (Å²) in [7, 11) is 0. The first-order chi connectivity index (χ1) is 13.7. The molecular weight excluding hydrogens is 366 g/mol. The van der Waals surface area contributed by atoms with Gasteiger partial charge in [-0.1, -0.05) is 48.5 Å². The number of hydrogen-bond donors (Lipinski definition) is 1. The first kappa shape index (κ1) is 17.3. The van der Waals surface area contributed by atoms with Crippen LogP contribution in [0.1, 0.15) is 21.7 Å². The summed E-state index contributed by atoms with van der Waals surface area (Å²) in [5, 5.41) is 1.34. The Morgan fingerprint density at radius 1 is 1.11 bits per heavy atom. The number of benzene rings is 2. The Morgan fingerprint density at radius 3 is 2.71 bits per heavy atom. The van der Waals surface area contributed by atoms with Gasteiger partial charge in [0.05, 0.1) is 11.3 Å². The lowest BCUT2D eigenvalue weighted by Gasteiger charge is -2.27. The van der Waals surface area contributed by atoms with Crippen LogP contribution in [-0.2, 0) is 19.5 Å². The van der Waals surface area contributed by atoms with E-state index in [0.29, 0.717) is 12.4 Å². The van der Waals surface area contributed by atoms with Crippen LogP contribution in [0.4, 0.5) is 0 Å². The molecule has 3 heterocycles. The van der Waals surface area contributed by atoms with E-state index < -0.39 is 0 Å². The maximum atomic E-state index is 12.7. The third-order valence-corrected chi connectivity index (χ3v) is 6.76. The molecule has 4 aromatic rings. The summed E-state index contributed by atoms with van der Waals surface area (Å²) < 4.78 is 1.33. The first-order valence-corrected chi connectivity index (χ1v) is 10.4. The maximum Gasteiger partial charge on any atom is 0.255 e. The Labute approximate surface area is 167 Å². The predicted octanol–water partition coefficient (Wildman–Crippen LogP) is 4.52. The third-order valence-electron chi connectivity index (χ3n) is 5.50. The minimum absolute atomic E-state index is 0.0124. The van der Waals surface area contributed by atoms with Gasteiger partial charge in [0, 0.05) is 41.2 Å². The first-order valence-electron chi connectivity index (χ1n) is 9.56. The van der Waals surface area contributed by atoms with Crippen molar-refractivity contribution in [2.75, 3.05) is 6.54 Å². The van der Waals surface area contributed by atoms with Gasteiger partial charge in [-0.05, 0) is 23.9 Å². The van der Waals surface area contributed by atoms with E-state index in [4.69, 9.17) is 4.98 Å². The molecule has 2 aromatic carbocycles. The van der Waals surface area contributed by atoms with E-state index in [0.717, 1.165) is 36.3 Å². The number of fused-ring (bicyclic) bond motifs is 2. The topological polar surface area (TPSA) is 49.0 Å². The van der Waals surface area contributed by atoms with Crippen molar-refractivity contribution >= 4 is 21.4 Å². The van der Waals surface area contributed by atoms with Crippen molar-refractivity contribution < 1.29 is 0 Å². The van der Waals surface area contributed by atoms with Gasteiger partial charge in [-0.15, -0.1) is 11.3 Å². The van der Waals surface area contributed by atoms with Crippen LogP contribution in [0.25, 0.3) is 21.5 Å². The van der Waals surface area contributed by atoms with Gasteiger partial charge < -0.3 is 4.98 Å². The van der Waals surface area contributed by atoms with Crippen LogP contribution in [0.15, 0.2) is 59.4 Å². The van der Waals surface area contributed by atoms with Crippen LogP contribution in [0, 0.1) is 6.92 Å². The molecule has 0 atom stereocenters. The van der Waals surface area contributed by atoms with E-state index in [1.165, 1.54) is 20.5 Å². The highest BCUT2D eigenvalue weighted by atomic mass is 32.1. The van der Waals surface area contributed by atoms with Crippen molar-refractivity contribution in [2.24, 2.45) is 0 Å². The van der Waals surface area contributed by atoms with Crippen LogP contribution in [-0.4, -0.2) is 21.4 Å². The van der Waals surface area contributed by atoms with Crippen molar-refractivity contribution in [3.63, 3.8) is 0 Å². The predicted molar refractivity (Wildman–Crippen MR) is 115 cm³/mol. The molecule has 5 rings (SSSR count). The molecular formula is C23H21N3OS. The highest BCUT2D eigenvalue weighted by Gasteiger charge is 2.22. The van der Waals surface area contributed by atoms with Crippen LogP contribution in [0.2, 0.25) is 0 Å². The summed E-state index contributed by atoms with van der Waals surface area (Å²) in [4.78, 5) is 24.2. The zero-order valence-electron chi connectivity index (χ0n) is 15.7. The Balaban J connectivity index is 1.42. The number of nitrogens with one attached hydrogen (secondary N) is 1. The zero-order chi connectivity index (χ0) is 19.1. The average Bonchev–Trinajstić information content (AvgIpc) is 3.04. The molecule has 5 heteroatoms. The number of H-pyrrole nitrogens is 1. The molecule has 28 heavy (non-hydrogen) atoms. The number of aromatic nitrogens is 2. The molecule has 4 nitrogen and oxygen atoms in total. The van der Waals surface area contributed by atoms with E-state index in [-0.39, 0.29) is 5.56 Å². The summed E-state index contributed by atoms with van der Waals surface area (Å²) in [5.74, 6) is 0.665. The fourth-order valence-electron chi connectivity index (χ4n) is 3.93. The van der Waals surface area contributed by atoms with Crippen molar-refractivity contribution in [2.45, 2.75) is 26.4 Å². The summed E-state index contributed by atoms with van der Waals surface area (Å²) in [5.41, 5.74) is 4.04. The van der Waals surface area contributed by atoms with Gasteiger partial charge in [0.25, 0.3) is 5.56 Å². The molecule has 140 valence electrons. The molecule has 1 aliphatic heterocycles. The van der Waals surface area contributed by atoms with E-state index in [9.17, 15) is 4.79 Å². The largest absolute Gasteiger partial charge is 0.306 e. The number of rotatable bonds is 3. The molecule has 0 bridgehead atoms. The van der Waals surface area contributed by atoms with Gasteiger partial charge in [0.1, 0.15) is 5.82 Å². The van der Waals surface area contributed by atoms with Crippen LogP contribution in [0.3, 0.4) is 0 Å². The lowest BCUT2D eigenvalue weighted by atomic mass is 10.1. The van der Waals surface area contributed by atoms with E-state index >= 15 is 0 Å². The molecule has 0 saturated heterocycles. The van der Waals surface area contributed by atoms with E-state index in [1.807, 2.05) is 41.7 Å². The minimum atomic E-state index is -0.0124. The van der Waals surface area contributed by atoms with Crippen LogP contribution in [0.5, 0.6) is 0 Å². The average molecular weight is 388 g/mol. The van der Waals surface area contributed by atoms with Gasteiger partial charge in [-0.2, -0.15) is 0 Å². The number of nitrogens with zero attached hydrogens (tertiary/aromatic N) is 2. The number of aromatic amines is 1. The van der Waals surface area contributed by atoms with Gasteiger partial charge >= 0.3 is 0 Å². The van der Waals surface area contributed by atoms with E-state index in [2.05, 4.69) is 41.1 Å². The van der Waals surface area contributed by atoms with Crippen molar-refractivity contribution in [1.82, 2.24) is 14.9 Å². The number of hydrogen-bond acceptors (Lipinski definition) is 4. The second-order valence-corrected chi connectivity index (χ2v) is 8.45. The van der Waals surface area contributed by atoms with Crippen molar-refractivity contribution in [3.8, 4) is 11.4 Å². The third kappa shape index (κ3) is 3.07. The van der Waals surface area contributed by atoms with Crippen molar-refractivity contribution in [1.29, 1.82) is 0 Å². The summed E-state index contributed by atoms with van der Waals surface area (Å²) in [6, 6.07) is 18.4. The molecule has 2 aromatic heterocycles. The maximum absolute atomic E-state index is 12.7. The fourth-order valence-corrected chi connectivity index (χ4v) is 5.18. The minimum Gasteiger partial charge on any atom is -0.306 e. The molecule has 0 amide bonds. The zero-order valence-corrected chi connectivity index (χ0v) is 16.6. The molecule has 0 spiro atoms. The van der Waals surface area contributed by atoms with E-state index in [1.54, 1.807) is 0 Å². The van der Waals surface area contributed by atoms with Gasteiger partial charge in [-0.25, -0.2) is 4.98 Å². The Morgan fingerprint density at radius 2 is 1.89 bits per heavy atom. The highest BCUT2D eigenvalue weighted by molar-refractivity contribution is 7.19. The molecule has 0 unspecified atom stereocenters. The smallest absolute Gasteiger partial charge is 0.255 e. The summed E-state index contributed by atoms with van der Waals surface area (Å²) in [6.07, 6.45) is 0.809. The molecule has 0 radical (unpaired) electrons. The summed E-state index contributed by atoms with van der Waals surface area (Å²) in [6.45, 7) is 4.66. The Hall–Kier alpha value is -2.76. The lowest BCUT2D eigenvalue weighted by Crippen LogP contribution is -2.35. The molecule has 1 aliphatic rings. The number of thiophene rings is 1. The number of aryl methyl sites for hydroxylation is 1. The Kier molecular flexibility index (Phi) is 4.34. The molecule has 1 N–H and O–H groups in total. The molecule has 0 saturated carbocycles. The summed E-state index contributed by atoms with van der Waals surface area (Å²) >= 11 is 1.86. The second kappa shape index (κ2) is 7.00. The molecule has 0 aliphatic carbocycles. The monoisotopic (exact) mass is 387 g/mol. The van der Waals surface area contributed by atoms with Crippen LogP contribution < -0.4 is 5.56 Å². The van der Waals surface area contributed by atoms with Gasteiger partial charge in [-0.3, -0.25) is 9.69 Å². The van der Waals surface area contributed by atoms with Crippen LogP contribution >= 0.6 is 11.3 Å². The highest BCUT2D eigenvalue weighted by Crippen LogP contribution is 2.32. The van der Waals surface area contributed by atoms with Gasteiger partial charge in [0.15, 0.2) is 0 Å². The Bertz CT molecular complexity index is 1210.